The highest BCUT2D eigenvalue weighted by molar-refractivity contribution is 5.88. The van der Waals surface area contributed by atoms with Crippen LogP contribution in [0.1, 0.15) is 26.3 Å². The Bertz CT molecular complexity index is 1330. The number of allylic oxidation sites excluding steroid dienone is 2. The van der Waals surface area contributed by atoms with E-state index in [-0.39, 0.29) is 28.8 Å². The molecule has 2 heterocycles. The van der Waals surface area contributed by atoms with Crippen LogP contribution >= 0.6 is 0 Å². The molecule has 8 heteroatoms. The summed E-state index contributed by atoms with van der Waals surface area (Å²) in [6.45, 7) is 9.14. The molecule has 1 aliphatic heterocycles. The minimum absolute atomic E-state index is 0.0842. The average molecular weight is 495 g/mol. The van der Waals surface area contributed by atoms with Crippen molar-refractivity contribution in [3.8, 4) is 28.6 Å². The number of fused-ring (bicyclic) bond motifs is 1. The van der Waals surface area contributed by atoms with Crippen LogP contribution in [0.2, 0.25) is 0 Å². The van der Waals surface area contributed by atoms with E-state index in [0.29, 0.717) is 40.6 Å². The maximum Gasteiger partial charge on any atom is 0.244 e. The third kappa shape index (κ3) is 6.02. The molecule has 1 aliphatic rings. The second-order valence-electron chi connectivity index (χ2n) is 8.25. The van der Waals surface area contributed by atoms with Crippen LogP contribution in [-0.2, 0) is 15.9 Å². The molecule has 0 amide bonds. The van der Waals surface area contributed by atoms with E-state index in [2.05, 4.69) is 6.58 Å². The van der Waals surface area contributed by atoms with Crippen molar-refractivity contribution < 1.29 is 33.6 Å². The number of phenolic OH excluding ortho intramolecular Hbond substituents is 1. The molecule has 0 fully saturated rings. The van der Waals surface area contributed by atoms with E-state index in [4.69, 9.17) is 28.5 Å². The zero-order valence-electron chi connectivity index (χ0n) is 20.7. The molecular weight excluding hydrogens is 464 g/mol. The highest BCUT2D eigenvalue weighted by atomic mass is 16.7. The van der Waals surface area contributed by atoms with E-state index >= 15 is 0 Å². The molecule has 8 nitrogen and oxygen atoms in total. The van der Waals surface area contributed by atoms with Gasteiger partial charge in [0.1, 0.15) is 46.8 Å². The van der Waals surface area contributed by atoms with E-state index in [1.165, 1.54) is 12.3 Å². The molecule has 0 saturated carbocycles. The SMILES string of the molecule is C=CCc1c(OCC2=COC(C)(C)O2)cc2oc(-c3ccc(OC)cc3)cc(=O)c2c1O.CC=CO. The topological polar surface area (TPSA) is 108 Å². The molecule has 0 bridgehead atoms. The summed E-state index contributed by atoms with van der Waals surface area (Å²) in [7, 11) is 1.58. The van der Waals surface area contributed by atoms with Gasteiger partial charge in [-0.3, -0.25) is 4.79 Å². The Morgan fingerprint density at radius 3 is 2.42 bits per heavy atom. The zero-order valence-corrected chi connectivity index (χ0v) is 20.7. The van der Waals surface area contributed by atoms with Gasteiger partial charge >= 0.3 is 0 Å². The standard InChI is InChI=1S/C25H24O7.C3H6O/c1-5-6-18-21(29-13-17-14-30-25(2,3)32-17)12-22-23(24(18)27)19(26)11-20(31-22)15-7-9-16(28-4)10-8-15;1-2-3-4/h5,7-12,14,27H,1,6,13H2,2-4H3;2-4H,1H3. The van der Waals surface area contributed by atoms with Gasteiger partial charge in [-0.25, -0.2) is 0 Å². The van der Waals surface area contributed by atoms with Crippen LogP contribution in [0.15, 0.2) is 82.6 Å². The van der Waals surface area contributed by atoms with E-state index in [1.54, 1.807) is 70.4 Å². The van der Waals surface area contributed by atoms with Crippen molar-refractivity contribution in [1.29, 1.82) is 0 Å². The molecule has 2 N–H and O–H groups in total. The largest absolute Gasteiger partial charge is 0.516 e. The first-order valence-electron chi connectivity index (χ1n) is 11.2. The molecular formula is C28H30O8. The Morgan fingerprint density at radius 1 is 1.17 bits per heavy atom. The highest BCUT2D eigenvalue weighted by Gasteiger charge is 2.28. The number of methoxy groups -OCH3 is 1. The first kappa shape index (κ1) is 26.3. The summed E-state index contributed by atoms with van der Waals surface area (Å²) in [5, 5.41) is 18.7. The molecule has 1 aromatic heterocycles. The van der Waals surface area contributed by atoms with Crippen LogP contribution in [0, 0.1) is 0 Å². The van der Waals surface area contributed by atoms with Crippen molar-refractivity contribution in [2.24, 2.45) is 0 Å². The molecule has 2 aromatic carbocycles. The van der Waals surface area contributed by atoms with E-state index < -0.39 is 5.79 Å². The minimum Gasteiger partial charge on any atom is -0.516 e. The minimum atomic E-state index is -0.756. The number of aromatic hydroxyl groups is 1. The molecule has 36 heavy (non-hydrogen) atoms. The summed E-state index contributed by atoms with van der Waals surface area (Å²) < 4.78 is 28.1. The predicted octanol–water partition coefficient (Wildman–Crippen LogP) is 5.98. The second-order valence-corrected chi connectivity index (χ2v) is 8.25. The third-order valence-corrected chi connectivity index (χ3v) is 5.15. The quantitative estimate of drug-likeness (QED) is 0.305. The van der Waals surface area contributed by atoms with Gasteiger partial charge in [0, 0.05) is 37.1 Å². The van der Waals surface area contributed by atoms with Crippen LogP contribution < -0.4 is 14.9 Å². The molecule has 0 spiro atoms. The number of aliphatic hydroxyl groups is 1. The van der Waals surface area contributed by atoms with Crippen molar-refractivity contribution in [3.05, 3.63) is 89.2 Å². The number of ether oxygens (including phenoxy) is 4. The van der Waals surface area contributed by atoms with Gasteiger partial charge < -0.3 is 33.6 Å². The van der Waals surface area contributed by atoms with Crippen molar-refractivity contribution in [2.45, 2.75) is 33.0 Å². The Morgan fingerprint density at radius 2 is 1.86 bits per heavy atom. The monoisotopic (exact) mass is 494 g/mol. The number of hydrogen-bond donors (Lipinski definition) is 2. The van der Waals surface area contributed by atoms with E-state index in [9.17, 15) is 9.90 Å². The average Bonchev–Trinajstić information content (AvgIpc) is 3.22. The van der Waals surface area contributed by atoms with Gasteiger partial charge in [0.2, 0.25) is 5.79 Å². The Hall–Kier alpha value is -4.33. The van der Waals surface area contributed by atoms with Crippen molar-refractivity contribution >= 4 is 11.0 Å². The summed E-state index contributed by atoms with van der Waals surface area (Å²) in [6.07, 6.45) is 5.98. The molecule has 0 unspecified atom stereocenters. The van der Waals surface area contributed by atoms with Crippen molar-refractivity contribution in [1.82, 2.24) is 0 Å². The van der Waals surface area contributed by atoms with Gasteiger partial charge in [-0.1, -0.05) is 12.2 Å². The summed E-state index contributed by atoms with van der Waals surface area (Å²) in [5.74, 6) is 0.977. The van der Waals surface area contributed by atoms with Crippen molar-refractivity contribution in [3.63, 3.8) is 0 Å². The maximum atomic E-state index is 12.9. The summed E-state index contributed by atoms with van der Waals surface area (Å²) in [4.78, 5) is 12.9. The normalized spacial score (nSPS) is 13.8. The zero-order chi connectivity index (χ0) is 26.3. The van der Waals surface area contributed by atoms with Crippen molar-refractivity contribution in [2.75, 3.05) is 13.7 Å². The first-order valence-corrected chi connectivity index (χ1v) is 11.2. The number of hydrogen-bond acceptors (Lipinski definition) is 8. The molecule has 3 aromatic rings. The fourth-order valence-electron chi connectivity index (χ4n) is 3.47. The van der Waals surface area contributed by atoms with Gasteiger partial charge in [0.25, 0.3) is 0 Å². The highest BCUT2D eigenvalue weighted by Crippen LogP contribution is 2.37. The van der Waals surface area contributed by atoms with Crippen LogP contribution in [0.4, 0.5) is 0 Å². The lowest BCUT2D eigenvalue weighted by atomic mass is 10.0. The fourth-order valence-corrected chi connectivity index (χ4v) is 3.47. The van der Waals surface area contributed by atoms with E-state index in [1.807, 2.05) is 0 Å². The first-order chi connectivity index (χ1) is 17.2. The van der Waals surface area contributed by atoms with Crippen LogP contribution in [0.3, 0.4) is 0 Å². The predicted molar refractivity (Wildman–Crippen MR) is 137 cm³/mol. The Labute approximate surface area is 209 Å². The smallest absolute Gasteiger partial charge is 0.244 e. The number of aliphatic hydroxyl groups excluding tert-OH is 1. The lowest BCUT2D eigenvalue weighted by molar-refractivity contribution is -0.119. The Kier molecular flexibility index (Phi) is 8.32. The van der Waals surface area contributed by atoms with Crippen LogP contribution in [-0.4, -0.2) is 29.7 Å². The van der Waals surface area contributed by atoms with Gasteiger partial charge in [0.15, 0.2) is 11.2 Å². The van der Waals surface area contributed by atoms with Crippen LogP contribution in [0.25, 0.3) is 22.3 Å². The fraction of sp³-hybridized carbons (Fsp3) is 0.250. The van der Waals surface area contributed by atoms with Gasteiger partial charge in [-0.2, -0.15) is 0 Å². The summed E-state index contributed by atoms with van der Waals surface area (Å²) >= 11 is 0. The summed E-state index contributed by atoms with van der Waals surface area (Å²) in [5.41, 5.74) is 0.992. The Balaban J connectivity index is 0.000000840. The maximum absolute atomic E-state index is 12.9. The number of rotatable bonds is 7. The summed E-state index contributed by atoms with van der Waals surface area (Å²) in [6, 6.07) is 10.1. The number of phenols is 1. The molecule has 4 rings (SSSR count). The van der Waals surface area contributed by atoms with Gasteiger partial charge in [0.05, 0.1) is 13.4 Å². The molecule has 0 saturated heterocycles. The molecule has 0 atom stereocenters. The van der Waals surface area contributed by atoms with Crippen LogP contribution in [0.5, 0.6) is 17.2 Å². The lowest BCUT2D eigenvalue weighted by Gasteiger charge is -2.19. The second kappa shape index (κ2) is 11.4. The molecule has 190 valence electrons. The molecule has 0 radical (unpaired) electrons. The van der Waals surface area contributed by atoms with Gasteiger partial charge in [-0.05, 0) is 37.6 Å². The van der Waals surface area contributed by atoms with Gasteiger partial charge in [-0.15, -0.1) is 6.58 Å². The molecule has 0 aliphatic carbocycles. The van der Waals surface area contributed by atoms with E-state index in [0.717, 1.165) is 6.26 Å². The lowest BCUT2D eigenvalue weighted by Crippen LogP contribution is -2.21. The third-order valence-electron chi connectivity index (χ3n) is 5.15. The number of benzene rings is 2.